The zero-order valence-electron chi connectivity index (χ0n) is 12.4. The van der Waals surface area contributed by atoms with Crippen LogP contribution in [0.3, 0.4) is 0 Å². The van der Waals surface area contributed by atoms with Gasteiger partial charge in [-0.2, -0.15) is 0 Å². The van der Waals surface area contributed by atoms with Crippen LogP contribution in [0.15, 0.2) is 22.7 Å². The molecule has 2 saturated heterocycles. The zero-order chi connectivity index (χ0) is 14.9. The minimum Gasteiger partial charge on any atom is -0.339 e. The van der Waals surface area contributed by atoms with Gasteiger partial charge in [0.25, 0.3) is 5.91 Å². The van der Waals surface area contributed by atoms with Gasteiger partial charge in [0.05, 0.1) is 5.02 Å². The third-order valence-electron chi connectivity index (χ3n) is 4.94. The summed E-state index contributed by atoms with van der Waals surface area (Å²) < 4.78 is 0.779. The summed E-state index contributed by atoms with van der Waals surface area (Å²) in [5, 5.41) is 4.07. The summed E-state index contributed by atoms with van der Waals surface area (Å²) in [4.78, 5) is 14.6. The Morgan fingerprint density at radius 1 is 1.18 bits per heavy atom. The van der Waals surface area contributed by atoms with E-state index >= 15 is 0 Å². The van der Waals surface area contributed by atoms with E-state index in [1.807, 2.05) is 17.0 Å². The van der Waals surface area contributed by atoms with E-state index in [0.717, 1.165) is 43.5 Å². The lowest BCUT2D eigenvalue weighted by Gasteiger charge is -2.44. The number of benzene rings is 1. The zero-order valence-corrected chi connectivity index (χ0v) is 15.6. The van der Waals surface area contributed by atoms with Crippen LogP contribution in [0, 0.1) is 5.41 Å². The fraction of sp³-hybridized carbons (Fsp3) is 0.562. The standard InChI is InChI=1S/C16H20BrClN2O.ClH/c17-13-11-12(1-2-14(13)18)15(21)20-9-5-16(6-10-20)3-7-19-8-4-16;/h1-2,11,19H,3-10H2;1H. The summed E-state index contributed by atoms with van der Waals surface area (Å²) >= 11 is 9.38. The highest BCUT2D eigenvalue weighted by Crippen LogP contribution is 2.39. The Hall–Kier alpha value is -0.290. The number of hydrogen-bond donors (Lipinski definition) is 1. The molecule has 3 nitrogen and oxygen atoms in total. The molecule has 6 heteroatoms. The quantitative estimate of drug-likeness (QED) is 0.758. The summed E-state index contributed by atoms with van der Waals surface area (Å²) in [5.74, 6) is 0.121. The maximum absolute atomic E-state index is 12.6. The number of piperidine rings is 2. The molecule has 2 heterocycles. The van der Waals surface area contributed by atoms with Crippen LogP contribution >= 0.6 is 39.9 Å². The van der Waals surface area contributed by atoms with Gasteiger partial charge in [-0.25, -0.2) is 0 Å². The molecular weight excluding hydrogens is 387 g/mol. The molecule has 0 aromatic heterocycles. The second-order valence-corrected chi connectivity index (χ2v) is 7.43. The molecule has 2 fully saturated rings. The first-order chi connectivity index (χ1) is 10.1. The number of carbonyl (C=O) groups is 1. The van der Waals surface area contributed by atoms with Gasteiger partial charge in [0.1, 0.15) is 0 Å². The number of rotatable bonds is 1. The largest absolute Gasteiger partial charge is 0.339 e. The Labute approximate surface area is 151 Å². The van der Waals surface area contributed by atoms with Gasteiger partial charge in [0.2, 0.25) is 0 Å². The van der Waals surface area contributed by atoms with E-state index < -0.39 is 0 Å². The predicted octanol–water partition coefficient (Wildman–Crippen LogP) is 4.13. The topological polar surface area (TPSA) is 32.3 Å². The number of hydrogen-bond acceptors (Lipinski definition) is 2. The second kappa shape index (κ2) is 7.52. The van der Waals surface area contributed by atoms with E-state index in [9.17, 15) is 4.79 Å². The summed E-state index contributed by atoms with van der Waals surface area (Å²) in [5.41, 5.74) is 1.19. The van der Waals surface area contributed by atoms with E-state index in [1.165, 1.54) is 12.8 Å². The van der Waals surface area contributed by atoms with Crippen molar-refractivity contribution in [3.05, 3.63) is 33.3 Å². The van der Waals surface area contributed by atoms with E-state index in [1.54, 1.807) is 6.07 Å². The minimum atomic E-state index is 0. The van der Waals surface area contributed by atoms with Crippen molar-refractivity contribution in [2.75, 3.05) is 26.2 Å². The average Bonchev–Trinajstić information content (AvgIpc) is 2.51. The highest BCUT2D eigenvalue weighted by Gasteiger charge is 2.36. The average molecular weight is 408 g/mol. The molecule has 1 amide bonds. The lowest BCUT2D eigenvalue weighted by molar-refractivity contribution is 0.0495. The van der Waals surface area contributed by atoms with Gasteiger partial charge in [-0.1, -0.05) is 11.6 Å². The van der Waals surface area contributed by atoms with Gasteiger partial charge in [0.15, 0.2) is 0 Å². The molecule has 122 valence electrons. The van der Waals surface area contributed by atoms with Crippen molar-refractivity contribution in [3.8, 4) is 0 Å². The first-order valence-corrected chi connectivity index (χ1v) is 8.72. The van der Waals surface area contributed by atoms with Crippen LogP contribution in [0.4, 0.5) is 0 Å². The normalized spacial score (nSPS) is 20.5. The van der Waals surface area contributed by atoms with Gasteiger partial charge in [0, 0.05) is 23.1 Å². The minimum absolute atomic E-state index is 0. The first kappa shape index (κ1) is 18.1. The molecule has 22 heavy (non-hydrogen) atoms. The fourth-order valence-corrected chi connectivity index (χ4v) is 3.95. The number of nitrogens with zero attached hydrogens (tertiary/aromatic N) is 1. The third-order valence-corrected chi connectivity index (χ3v) is 6.16. The molecule has 2 aliphatic rings. The van der Waals surface area contributed by atoms with Gasteiger partial charge in [-0.3, -0.25) is 4.79 Å². The fourth-order valence-electron chi connectivity index (χ4n) is 3.45. The van der Waals surface area contributed by atoms with Gasteiger partial charge >= 0.3 is 0 Å². The molecule has 3 rings (SSSR count). The molecule has 0 bridgehead atoms. The highest BCUT2D eigenvalue weighted by atomic mass is 79.9. The Balaban J connectivity index is 0.00000176. The molecule has 0 aliphatic carbocycles. The van der Waals surface area contributed by atoms with Crippen LogP contribution < -0.4 is 5.32 Å². The summed E-state index contributed by atoms with van der Waals surface area (Å²) in [6, 6.07) is 5.40. The Bertz CT molecular complexity index is 537. The molecular formula is C16H21BrCl2N2O. The van der Waals surface area contributed by atoms with Crippen LogP contribution in [-0.4, -0.2) is 37.0 Å². The van der Waals surface area contributed by atoms with Crippen LogP contribution in [0.25, 0.3) is 0 Å². The summed E-state index contributed by atoms with van der Waals surface area (Å²) in [6.45, 7) is 3.99. The van der Waals surface area contributed by atoms with E-state index in [4.69, 9.17) is 11.6 Å². The highest BCUT2D eigenvalue weighted by molar-refractivity contribution is 9.10. The molecule has 0 atom stereocenters. The van der Waals surface area contributed by atoms with Crippen LogP contribution in [0.2, 0.25) is 5.02 Å². The molecule has 1 aromatic rings. The Morgan fingerprint density at radius 2 is 1.82 bits per heavy atom. The lowest BCUT2D eigenvalue weighted by atomic mass is 9.71. The van der Waals surface area contributed by atoms with Crippen molar-refractivity contribution in [2.24, 2.45) is 5.41 Å². The van der Waals surface area contributed by atoms with Gasteiger partial charge in [-0.05, 0) is 78.3 Å². The number of likely N-dealkylation sites (tertiary alicyclic amines) is 1. The SMILES string of the molecule is Cl.O=C(c1ccc(Cl)c(Br)c1)N1CCC2(CCNCC2)CC1. The van der Waals surface area contributed by atoms with E-state index in [2.05, 4.69) is 21.2 Å². The molecule has 0 saturated carbocycles. The predicted molar refractivity (Wildman–Crippen MR) is 96.1 cm³/mol. The van der Waals surface area contributed by atoms with E-state index in [-0.39, 0.29) is 18.3 Å². The lowest BCUT2D eigenvalue weighted by Crippen LogP contribution is -2.47. The molecule has 1 N–H and O–H groups in total. The molecule has 1 spiro atoms. The Kier molecular flexibility index (Phi) is 6.17. The van der Waals surface area contributed by atoms with Crippen molar-refractivity contribution in [1.82, 2.24) is 10.2 Å². The van der Waals surface area contributed by atoms with Crippen molar-refractivity contribution in [3.63, 3.8) is 0 Å². The van der Waals surface area contributed by atoms with Crippen LogP contribution in [-0.2, 0) is 0 Å². The van der Waals surface area contributed by atoms with Crippen molar-refractivity contribution in [2.45, 2.75) is 25.7 Å². The number of amides is 1. The van der Waals surface area contributed by atoms with Gasteiger partial charge in [-0.15, -0.1) is 12.4 Å². The summed E-state index contributed by atoms with van der Waals surface area (Å²) in [7, 11) is 0. The number of carbonyl (C=O) groups excluding carboxylic acids is 1. The molecule has 0 radical (unpaired) electrons. The maximum Gasteiger partial charge on any atom is 0.253 e. The smallest absolute Gasteiger partial charge is 0.253 e. The van der Waals surface area contributed by atoms with Crippen LogP contribution in [0.1, 0.15) is 36.0 Å². The number of halogens is 3. The molecule has 1 aromatic carbocycles. The monoisotopic (exact) mass is 406 g/mol. The first-order valence-electron chi connectivity index (χ1n) is 7.55. The molecule has 2 aliphatic heterocycles. The summed E-state index contributed by atoms with van der Waals surface area (Å²) in [6.07, 6.45) is 4.77. The van der Waals surface area contributed by atoms with Crippen molar-refractivity contribution < 1.29 is 4.79 Å². The Morgan fingerprint density at radius 3 is 2.41 bits per heavy atom. The number of nitrogens with one attached hydrogen (secondary N) is 1. The third kappa shape index (κ3) is 3.78. The van der Waals surface area contributed by atoms with E-state index in [0.29, 0.717) is 16.0 Å². The van der Waals surface area contributed by atoms with Crippen molar-refractivity contribution in [1.29, 1.82) is 0 Å². The maximum atomic E-state index is 12.6. The molecule has 0 unspecified atom stereocenters. The van der Waals surface area contributed by atoms with Crippen LogP contribution in [0.5, 0.6) is 0 Å². The van der Waals surface area contributed by atoms with Crippen molar-refractivity contribution >= 4 is 45.8 Å². The second-order valence-electron chi connectivity index (χ2n) is 6.17. The van der Waals surface area contributed by atoms with Gasteiger partial charge < -0.3 is 10.2 Å².